The Kier molecular flexibility index (Phi) is 4.69. The lowest BCUT2D eigenvalue weighted by Crippen LogP contribution is -2.30. The van der Waals surface area contributed by atoms with E-state index in [9.17, 15) is 14.9 Å². The first-order valence-corrected chi connectivity index (χ1v) is 7.64. The third-order valence-corrected chi connectivity index (χ3v) is 3.54. The van der Waals surface area contributed by atoms with Crippen LogP contribution in [0.4, 0.5) is 11.4 Å². The highest BCUT2D eigenvalue weighted by Crippen LogP contribution is 2.32. The molecule has 2 aromatic carbocycles. The fourth-order valence-corrected chi connectivity index (χ4v) is 2.27. The van der Waals surface area contributed by atoms with Gasteiger partial charge in [-0.05, 0) is 31.2 Å². The summed E-state index contributed by atoms with van der Waals surface area (Å²) in [5.74, 6) is 1.23. The molecule has 2 aromatic rings. The number of nitro groups is 1. The van der Waals surface area contributed by atoms with Crippen LogP contribution < -0.4 is 19.5 Å². The van der Waals surface area contributed by atoms with Gasteiger partial charge in [-0.2, -0.15) is 0 Å². The molecule has 0 aromatic heterocycles. The molecule has 1 aliphatic heterocycles. The average Bonchev–Trinajstić information content (AvgIpc) is 2.62. The number of rotatable bonds is 5. The molecule has 130 valence electrons. The van der Waals surface area contributed by atoms with E-state index in [4.69, 9.17) is 14.2 Å². The van der Waals surface area contributed by atoms with Crippen molar-refractivity contribution in [3.05, 3.63) is 52.6 Å². The van der Waals surface area contributed by atoms with Gasteiger partial charge in [0.15, 0.2) is 17.6 Å². The fraction of sp³-hybridized carbons (Fsp3) is 0.235. The number of nitrogens with one attached hydrogen (secondary N) is 1. The number of amides is 1. The van der Waals surface area contributed by atoms with Gasteiger partial charge in [0, 0.05) is 23.9 Å². The molecule has 0 radical (unpaired) electrons. The zero-order valence-corrected chi connectivity index (χ0v) is 13.4. The molecule has 0 saturated heterocycles. The number of carbonyl (C=O) groups is 1. The average molecular weight is 344 g/mol. The van der Waals surface area contributed by atoms with Crippen molar-refractivity contribution in [1.29, 1.82) is 0 Å². The molecular weight excluding hydrogens is 328 g/mol. The van der Waals surface area contributed by atoms with Gasteiger partial charge >= 0.3 is 0 Å². The SMILES string of the molecule is C[C@H](Oc1ccc([N+](=O)[O-])cc1)C(=O)Nc1ccc2c(c1)OCCO2. The minimum absolute atomic E-state index is 0.0410. The number of fused-ring (bicyclic) bond motifs is 1. The van der Waals surface area contributed by atoms with Crippen LogP contribution in [-0.4, -0.2) is 30.1 Å². The van der Waals surface area contributed by atoms with Crippen LogP contribution in [0, 0.1) is 10.1 Å². The number of carbonyl (C=O) groups excluding carboxylic acids is 1. The molecule has 1 aliphatic rings. The third kappa shape index (κ3) is 3.97. The molecule has 0 spiro atoms. The molecular formula is C17H16N2O6. The summed E-state index contributed by atoms with van der Waals surface area (Å²) < 4.78 is 16.4. The number of ether oxygens (including phenoxy) is 3. The van der Waals surface area contributed by atoms with Crippen molar-refractivity contribution in [2.75, 3.05) is 18.5 Å². The summed E-state index contributed by atoms with van der Waals surface area (Å²) in [7, 11) is 0. The Bertz CT molecular complexity index is 790. The lowest BCUT2D eigenvalue weighted by molar-refractivity contribution is -0.384. The van der Waals surface area contributed by atoms with E-state index in [-0.39, 0.29) is 11.6 Å². The molecule has 1 amide bonds. The summed E-state index contributed by atoms with van der Waals surface area (Å²) in [6.45, 7) is 2.55. The van der Waals surface area contributed by atoms with Crippen LogP contribution in [0.3, 0.4) is 0 Å². The normalized spacial score (nSPS) is 13.6. The molecule has 0 fully saturated rings. The molecule has 1 N–H and O–H groups in total. The minimum Gasteiger partial charge on any atom is -0.486 e. The summed E-state index contributed by atoms with van der Waals surface area (Å²) in [5, 5.41) is 13.4. The first-order chi connectivity index (χ1) is 12.0. The Morgan fingerprint density at radius 2 is 1.84 bits per heavy atom. The van der Waals surface area contributed by atoms with E-state index in [1.54, 1.807) is 25.1 Å². The van der Waals surface area contributed by atoms with Crippen LogP contribution >= 0.6 is 0 Å². The Balaban J connectivity index is 1.61. The van der Waals surface area contributed by atoms with Crippen LogP contribution in [0.15, 0.2) is 42.5 Å². The monoisotopic (exact) mass is 344 g/mol. The Hall–Kier alpha value is -3.29. The highest BCUT2D eigenvalue weighted by molar-refractivity contribution is 5.94. The lowest BCUT2D eigenvalue weighted by Gasteiger charge is -2.19. The van der Waals surface area contributed by atoms with Gasteiger partial charge in [0.05, 0.1) is 4.92 Å². The molecule has 3 rings (SSSR count). The summed E-state index contributed by atoms with van der Waals surface area (Å²) in [6.07, 6.45) is -0.783. The number of benzene rings is 2. The zero-order valence-electron chi connectivity index (χ0n) is 13.4. The van der Waals surface area contributed by atoms with Crippen LogP contribution in [-0.2, 0) is 4.79 Å². The maximum atomic E-state index is 12.2. The summed E-state index contributed by atoms with van der Waals surface area (Å²) in [5.41, 5.74) is 0.522. The predicted molar refractivity (Wildman–Crippen MR) is 89.2 cm³/mol. The lowest BCUT2D eigenvalue weighted by atomic mass is 10.2. The van der Waals surface area contributed by atoms with Crippen LogP contribution in [0.2, 0.25) is 0 Å². The zero-order chi connectivity index (χ0) is 17.8. The smallest absolute Gasteiger partial charge is 0.269 e. The van der Waals surface area contributed by atoms with E-state index in [1.807, 2.05) is 0 Å². The van der Waals surface area contributed by atoms with Crippen LogP contribution in [0.1, 0.15) is 6.92 Å². The Morgan fingerprint density at radius 1 is 1.16 bits per heavy atom. The van der Waals surface area contributed by atoms with Gasteiger partial charge in [-0.3, -0.25) is 14.9 Å². The number of anilines is 1. The van der Waals surface area contributed by atoms with Crippen LogP contribution in [0.25, 0.3) is 0 Å². The molecule has 8 heteroatoms. The summed E-state index contributed by atoms with van der Waals surface area (Å²) in [4.78, 5) is 22.4. The first-order valence-electron chi connectivity index (χ1n) is 7.64. The van der Waals surface area contributed by atoms with Crippen molar-refractivity contribution >= 4 is 17.3 Å². The summed E-state index contributed by atoms with van der Waals surface area (Å²) in [6, 6.07) is 10.7. The van der Waals surface area contributed by atoms with E-state index in [0.29, 0.717) is 36.1 Å². The molecule has 0 unspecified atom stereocenters. The van der Waals surface area contributed by atoms with E-state index in [0.717, 1.165) is 0 Å². The van der Waals surface area contributed by atoms with Crippen molar-refractivity contribution in [3.63, 3.8) is 0 Å². The van der Waals surface area contributed by atoms with Gasteiger partial charge in [-0.25, -0.2) is 0 Å². The predicted octanol–water partition coefficient (Wildman–Crippen LogP) is 2.77. The largest absolute Gasteiger partial charge is 0.486 e. The number of hydrogen-bond acceptors (Lipinski definition) is 6. The van der Waals surface area contributed by atoms with Crippen molar-refractivity contribution in [2.24, 2.45) is 0 Å². The van der Waals surface area contributed by atoms with Crippen LogP contribution in [0.5, 0.6) is 17.2 Å². The van der Waals surface area contributed by atoms with Crippen molar-refractivity contribution in [2.45, 2.75) is 13.0 Å². The Morgan fingerprint density at radius 3 is 2.52 bits per heavy atom. The molecule has 0 saturated carbocycles. The highest BCUT2D eigenvalue weighted by atomic mass is 16.6. The number of nitrogens with zero attached hydrogens (tertiary/aromatic N) is 1. The standard InChI is InChI=1S/C17H16N2O6/c1-11(25-14-5-3-13(4-6-14)19(21)22)17(20)18-12-2-7-15-16(10-12)24-9-8-23-15/h2-7,10-11H,8-9H2,1H3,(H,18,20)/t11-/m0/s1. The van der Waals surface area contributed by atoms with Gasteiger partial charge in [-0.15, -0.1) is 0 Å². The third-order valence-electron chi connectivity index (χ3n) is 3.54. The molecule has 1 atom stereocenters. The number of hydrogen-bond donors (Lipinski definition) is 1. The quantitative estimate of drug-likeness (QED) is 0.661. The van der Waals surface area contributed by atoms with E-state index in [2.05, 4.69) is 5.32 Å². The highest BCUT2D eigenvalue weighted by Gasteiger charge is 2.17. The van der Waals surface area contributed by atoms with Gasteiger partial charge in [0.1, 0.15) is 19.0 Å². The van der Waals surface area contributed by atoms with Crippen molar-refractivity contribution in [1.82, 2.24) is 0 Å². The second-order valence-electron chi connectivity index (χ2n) is 5.36. The second-order valence-corrected chi connectivity index (χ2v) is 5.36. The van der Waals surface area contributed by atoms with Gasteiger partial charge < -0.3 is 19.5 Å². The molecule has 1 heterocycles. The van der Waals surface area contributed by atoms with E-state index < -0.39 is 11.0 Å². The van der Waals surface area contributed by atoms with Gasteiger partial charge in [0.25, 0.3) is 11.6 Å². The minimum atomic E-state index is -0.783. The van der Waals surface area contributed by atoms with Crippen molar-refractivity contribution in [3.8, 4) is 17.2 Å². The van der Waals surface area contributed by atoms with E-state index in [1.165, 1.54) is 24.3 Å². The topological polar surface area (TPSA) is 99.9 Å². The first kappa shape index (κ1) is 16.6. The van der Waals surface area contributed by atoms with E-state index >= 15 is 0 Å². The van der Waals surface area contributed by atoms with Gasteiger partial charge in [0.2, 0.25) is 0 Å². The molecule has 0 aliphatic carbocycles. The van der Waals surface area contributed by atoms with Gasteiger partial charge in [-0.1, -0.05) is 0 Å². The maximum Gasteiger partial charge on any atom is 0.269 e. The second kappa shape index (κ2) is 7.08. The molecule has 25 heavy (non-hydrogen) atoms. The fourth-order valence-electron chi connectivity index (χ4n) is 2.27. The number of nitro benzene ring substituents is 1. The number of non-ortho nitro benzene ring substituents is 1. The maximum absolute atomic E-state index is 12.2. The molecule has 8 nitrogen and oxygen atoms in total. The Labute approximate surface area is 143 Å². The summed E-state index contributed by atoms with van der Waals surface area (Å²) >= 11 is 0. The van der Waals surface area contributed by atoms with Crippen molar-refractivity contribution < 1.29 is 23.9 Å². The molecule has 0 bridgehead atoms.